The third-order valence-corrected chi connectivity index (χ3v) is 8.63. The van der Waals surface area contributed by atoms with Gasteiger partial charge in [0.05, 0.1) is 35.9 Å². The Labute approximate surface area is 450 Å². The van der Waals surface area contributed by atoms with Crippen LogP contribution in [0.25, 0.3) is 28.2 Å². The Bertz CT molecular complexity index is 1800. The van der Waals surface area contributed by atoms with E-state index in [1.165, 1.54) is 31.5 Å². The van der Waals surface area contributed by atoms with Gasteiger partial charge in [-0.25, -0.2) is 9.97 Å². The van der Waals surface area contributed by atoms with Crippen LogP contribution in [-0.2, 0) is 22.4 Å². The van der Waals surface area contributed by atoms with Gasteiger partial charge in [0, 0.05) is 30.9 Å². The first-order valence-electron chi connectivity index (χ1n) is 13.8. The van der Waals surface area contributed by atoms with Crippen LogP contribution in [0.2, 0.25) is 10.0 Å². The predicted octanol–water partition coefficient (Wildman–Crippen LogP) is 3.89. The van der Waals surface area contributed by atoms with Crippen LogP contribution in [0.3, 0.4) is 0 Å². The Kier molecular flexibility index (Phi) is 29.6. The third kappa shape index (κ3) is 18.1. The summed E-state index contributed by atoms with van der Waals surface area (Å²) in [6.45, 7) is 8.31. The molecule has 2 heterocycles. The molecular weight excluding hydrogens is 1180 g/mol. The zero-order valence-electron chi connectivity index (χ0n) is 28.8. The Morgan fingerprint density at radius 3 is 1.76 bits per heavy atom. The summed E-state index contributed by atoms with van der Waals surface area (Å²) in [6.07, 6.45) is 7.31. The van der Waals surface area contributed by atoms with Gasteiger partial charge < -0.3 is 21.1 Å². The van der Waals surface area contributed by atoms with Crippen molar-refractivity contribution >= 4 is 72.6 Å². The van der Waals surface area contributed by atoms with E-state index in [1.807, 2.05) is 61.1 Å². The first-order valence-corrected chi connectivity index (χ1v) is 18.7. The van der Waals surface area contributed by atoms with Crippen molar-refractivity contribution in [2.75, 3.05) is 0 Å². The predicted molar refractivity (Wildman–Crippen MR) is 203 cm³/mol. The molecule has 0 aliphatic carbocycles. The van der Waals surface area contributed by atoms with Crippen LogP contribution in [0, 0.1) is 31.3 Å². The van der Waals surface area contributed by atoms with Crippen LogP contribution >= 0.6 is 66.1 Å². The quantitative estimate of drug-likeness (QED) is 0.0953. The number of carbonyl (C=O) groups excluding carboxylic acids is 1. The van der Waals surface area contributed by atoms with E-state index in [4.69, 9.17) is 33.3 Å². The van der Waals surface area contributed by atoms with E-state index in [0.29, 0.717) is 0 Å². The van der Waals surface area contributed by atoms with Crippen molar-refractivity contribution in [3.63, 3.8) is 0 Å². The number of nitrogens with one attached hydrogen (secondary N) is 1. The number of para-hydroxylation sites is 1. The van der Waals surface area contributed by atoms with Crippen molar-refractivity contribution in [1.82, 2.24) is 19.5 Å². The average Bonchev–Trinajstić information content (AvgIpc) is 3.79. The maximum Gasteiger partial charge on any atom is -1.00 e. The maximum atomic E-state index is 8.64. The van der Waals surface area contributed by atoms with E-state index in [9.17, 15) is 0 Å². The van der Waals surface area contributed by atoms with Crippen LogP contribution in [0.4, 0.5) is 0 Å². The summed E-state index contributed by atoms with van der Waals surface area (Å²) in [4.78, 5) is 22.7. The summed E-state index contributed by atoms with van der Waals surface area (Å²) in [6, 6.07) is 28.1. The molecule has 6 aromatic rings. The van der Waals surface area contributed by atoms with E-state index in [0.717, 1.165) is 32.6 Å². The second-order valence-corrected chi connectivity index (χ2v) is 11.7. The second-order valence-electron chi connectivity index (χ2n) is 9.79. The van der Waals surface area contributed by atoms with Crippen LogP contribution in [0.15, 0.2) is 110 Å². The van der Waals surface area contributed by atoms with Gasteiger partial charge in [-0.1, -0.05) is 83.9 Å². The van der Waals surface area contributed by atoms with Gasteiger partial charge in [0.1, 0.15) is 0 Å². The summed E-state index contributed by atoms with van der Waals surface area (Å²) in [5, 5.41) is 9.89. The minimum atomic E-state index is -0.181. The number of carbonyl (C=O) groups is 1. The summed E-state index contributed by atoms with van der Waals surface area (Å²) in [7, 11) is 0. The number of aromatic nitrogens is 4. The van der Waals surface area contributed by atoms with E-state index >= 15 is 0 Å². The number of aryl methyl sites for hydroxylation is 4. The van der Waals surface area contributed by atoms with Crippen molar-refractivity contribution in [2.24, 2.45) is 0 Å². The Morgan fingerprint density at radius 1 is 0.837 bits per heavy atom. The molecule has 1 N–H and O–H groups in total. The van der Waals surface area contributed by atoms with Crippen LogP contribution in [-0.4, -0.2) is 26.0 Å². The van der Waals surface area contributed by atoms with E-state index in [1.54, 1.807) is 32.9 Å². The smallest absolute Gasteiger partial charge is 1.00 e. The second kappa shape index (κ2) is 28.8. The van der Waals surface area contributed by atoms with Crippen molar-refractivity contribution in [3.05, 3.63) is 146 Å². The molecule has 252 valence electrons. The van der Waals surface area contributed by atoms with Crippen molar-refractivity contribution < 1.29 is 167 Å². The fourth-order valence-electron chi connectivity index (χ4n) is 4.32. The Balaban J connectivity index is 0. The molecule has 0 bridgehead atoms. The molecule has 7 nitrogen and oxygen atoms in total. The summed E-state index contributed by atoms with van der Waals surface area (Å²) < 4.78 is 3.45. The Hall–Kier alpha value is 1.39. The summed E-state index contributed by atoms with van der Waals surface area (Å²) in [5.41, 5.74) is 10.4. The number of imidazole rings is 2. The summed E-state index contributed by atoms with van der Waals surface area (Å²) >= 11 is 20.1. The molecule has 0 unspecified atom stereocenters. The monoisotopic (exact) mass is 1210 g/mol. The minimum absolute atomic E-state index is 0. The number of hydrogen-bond donors (Lipinski definition) is 1. The third-order valence-electron chi connectivity index (χ3n) is 6.46. The molecule has 0 spiro atoms. The zero-order chi connectivity index (χ0) is 34.8. The molecule has 0 aliphatic heterocycles. The molecular formula is C35H33Cl2Cs2CuI2N4O3. The molecule has 0 amide bonds. The topological polar surface area (TPSA) is 95.9 Å². The van der Waals surface area contributed by atoms with Gasteiger partial charge >= 0.3 is 171 Å². The van der Waals surface area contributed by atoms with Gasteiger partial charge in [0.25, 0.3) is 6.47 Å². The van der Waals surface area contributed by atoms with Gasteiger partial charge in [-0.3, -0.25) is 4.79 Å². The van der Waals surface area contributed by atoms with Gasteiger partial charge in [-0.15, -0.1) is 0 Å². The molecule has 0 saturated heterocycles. The van der Waals surface area contributed by atoms with Gasteiger partial charge in [0.2, 0.25) is 0 Å². The van der Waals surface area contributed by atoms with E-state index in [-0.39, 0.29) is 146 Å². The first kappa shape index (κ1) is 50.4. The molecule has 14 heteroatoms. The number of hydrogen-bond acceptors (Lipinski definition) is 5. The number of H-pyrrole nitrogens is 1. The molecule has 49 heavy (non-hydrogen) atoms. The van der Waals surface area contributed by atoms with Crippen molar-refractivity contribution in [3.8, 4) is 28.2 Å². The standard InChI is InChI=1S/C17H15ClN2.C9H7ClN2.C8H9I.CH2O3.2Cs.Cu.HI.H/c1-12-5-3-6-13(2)17(12)20-10-16(19-11-20)14-7-4-8-15(18)9-14;10-8-3-1-2-7(4-8)9-5-11-6-12-9;1-6-4-3-5-7(2)8(6)9;2-1-4-3;;;;;/h3-11H,1-2H3;1-6H,(H,11,12);3-5H,1-2H3;1,3H;;;;1H;/q;;;;3*+1;;-1/p-2. The molecule has 0 fully saturated rings. The molecule has 2 aromatic heterocycles. The normalized spacial score (nSPS) is 9.20. The molecule has 4 aromatic carbocycles. The number of benzene rings is 4. The average molecular weight is 1210 g/mol. The number of aromatic amines is 1. The fourth-order valence-corrected chi connectivity index (χ4v) is 5.06. The summed E-state index contributed by atoms with van der Waals surface area (Å²) in [5.74, 6) is 0. The van der Waals surface area contributed by atoms with Crippen LogP contribution in [0.1, 0.15) is 23.7 Å². The Morgan fingerprint density at radius 2 is 1.31 bits per heavy atom. The van der Waals surface area contributed by atoms with E-state index in [2.05, 4.69) is 124 Å². The molecule has 0 aliphatic rings. The van der Waals surface area contributed by atoms with Crippen molar-refractivity contribution in [2.45, 2.75) is 27.7 Å². The van der Waals surface area contributed by atoms with Gasteiger partial charge in [-0.2, -0.15) is 0 Å². The van der Waals surface area contributed by atoms with Gasteiger partial charge in [0.15, 0.2) is 0 Å². The van der Waals surface area contributed by atoms with Gasteiger partial charge in [-0.05, 0) is 96.8 Å². The van der Waals surface area contributed by atoms with Crippen LogP contribution < -0.4 is 143 Å². The number of nitrogens with zero attached hydrogens (tertiary/aromatic N) is 3. The zero-order valence-corrected chi connectivity index (χ0v) is 47.2. The number of halogens is 4. The maximum absolute atomic E-state index is 8.64. The number of rotatable bonds is 4. The molecule has 0 atom stereocenters. The van der Waals surface area contributed by atoms with E-state index < -0.39 is 0 Å². The SMILES string of the molecule is Cc1cccc(C)c1-n1cnc(-c2cccc(Cl)c2)c1.Cc1cccc(C)c1I.Clc1cccc(-c2cnc[nH]2)c1.O=CO[O-].[Cs+].[Cs+].[Cu][I].[H-]. The largest absolute Gasteiger partial charge is 1.00 e. The molecule has 6 rings (SSSR count). The van der Waals surface area contributed by atoms with Crippen molar-refractivity contribution in [1.29, 1.82) is 0 Å². The molecule has 0 saturated carbocycles. The fraction of sp³-hybridized carbons (Fsp3) is 0.114. The van der Waals surface area contributed by atoms with Crippen LogP contribution in [0.5, 0.6) is 0 Å². The molecule has 0 radical (unpaired) electrons. The first-order chi connectivity index (χ1) is 22.6. The minimum Gasteiger partial charge on any atom is -1.00 e.